The van der Waals surface area contributed by atoms with E-state index in [1.807, 2.05) is 0 Å². The molecule has 1 aliphatic carbocycles. The summed E-state index contributed by atoms with van der Waals surface area (Å²) in [4.78, 5) is 24.6. The fraction of sp³-hybridized carbons (Fsp3) is 0.615. The summed E-state index contributed by atoms with van der Waals surface area (Å²) in [6.07, 6.45) is 4.18. The Morgan fingerprint density at radius 1 is 1.30 bits per heavy atom. The molecule has 1 aromatic heterocycles. The van der Waals surface area contributed by atoms with Gasteiger partial charge in [-0.2, -0.15) is 0 Å². The second-order valence-corrected chi connectivity index (χ2v) is 5.50. The number of amides is 1. The highest BCUT2D eigenvalue weighted by molar-refractivity contribution is 5.93. The number of piperidine rings is 1. The number of likely N-dealkylation sites (tertiary alicyclic amines) is 1. The van der Waals surface area contributed by atoms with Crippen LogP contribution in [0.15, 0.2) is 12.3 Å². The van der Waals surface area contributed by atoms with Crippen molar-refractivity contribution in [2.75, 3.05) is 13.1 Å². The lowest BCUT2D eigenvalue weighted by molar-refractivity contribution is -0.384. The van der Waals surface area contributed by atoms with Crippen molar-refractivity contribution >= 4 is 11.6 Å². The van der Waals surface area contributed by atoms with Gasteiger partial charge in [-0.15, -0.1) is 0 Å². The van der Waals surface area contributed by atoms with Crippen LogP contribution in [0.5, 0.6) is 0 Å². The van der Waals surface area contributed by atoms with Gasteiger partial charge in [0.05, 0.1) is 17.2 Å². The molecular weight excluding hydrogens is 262 g/mol. The highest BCUT2D eigenvalue weighted by Gasteiger charge is 2.32. The van der Waals surface area contributed by atoms with Crippen LogP contribution in [0.2, 0.25) is 0 Å². The predicted octanol–water partition coefficient (Wildman–Crippen LogP) is 1.33. The maximum atomic E-state index is 12.5. The Balaban J connectivity index is 1.84. The summed E-state index contributed by atoms with van der Waals surface area (Å²) in [7, 11) is 0. The number of aliphatic hydroxyl groups excluding tert-OH is 1. The van der Waals surface area contributed by atoms with E-state index in [9.17, 15) is 20.0 Å². The minimum atomic E-state index is -0.463. The molecule has 1 aliphatic heterocycles. The van der Waals surface area contributed by atoms with E-state index >= 15 is 0 Å². The molecule has 0 unspecified atom stereocenters. The van der Waals surface area contributed by atoms with Crippen LogP contribution in [0.3, 0.4) is 0 Å². The van der Waals surface area contributed by atoms with Gasteiger partial charge in [0.1, 0.15) is 5.69 Å². The Labute approximate surface area is 115 Å². The number of hydrogen-bond acceptors (Lipinski definition) is 4. The molecule has 20 heavy (non-hydrogen) atoms. The van der Waals surface area contributed by atoms with Crippen molar-refractivity contribution in [3.63, 3.8) is 0 Å². The van der Waals surface area contributed by atoms with Gasteiger partial charge in [0.15, 0.2) is 0 Å². The number of rotatable bonds is 3. The average Bonchev–Trinajstić information content (AvgIpc) is 3.17. The van der Waals surface area contributed by atoms with Crippen LogP contribution < -0.4 is 0 Å². The standard InChI is InChI=1S/C13H17N3O4/c17-11-3-5-14(6-4-11)13(18)12-7-10(16(19)20)8-15(12)9-1-2-9/h7-9,11,17H,1-6H2. The van der Waals surface area contributed by atoms with Crippen molar-refractivity contribution in [3.8, 4) is 0 Å². The number of nitro groups is 1. The van der Waals surface area contributed by atoms with Crippen molar-refractivity contribution in [2.24, 2.45) is 0 Å². The van der Waals surface area contributed by atoms with Crippen molar-refractivity contribution in [1.82, 2.24) is 9.47 Å². The molecule has 1 aromatic rings. The normalized spacial score (nSPS) is 20.1. The van der Waals surface area contributed by atoms with Gasteiger partial charge in [0.2, 0.25) is 0 Å². The fourth-order valence-corrected chi connectivity index (χ4v) is 2.62. The van der Waals surface area contributed by atoms with Crippen LogP contribution in [-0.2, 0) is 0 Å². The first-order valence-corrected chi connectivity index (χ1v) is 6.90. The third-order valence-electron chi connectivity index (χ3n) is 3.96. The summed E-state index contributed by atoms with van der Waals surface area (Å²) in [6, 6.07) is 1.59. The monoisotopic (exact) mass is 279 g/mol. The van der Waals surface area contributed by atoms with Crippen molar-refractivity contribution in [3.05, 3.63) is 28.1 Å². The summed E-state index contributed by atoms with van der Waals surface area (Å²) < 4.78 is 1.74. The molecule has 7 heteroatoms. The lowest BCUT2D eigenvalue weighted by Gasteiger charge is -2.29. The molecule has 2 heterocycles. The van der Waals surface area contributed by atoms with Crippen molar-refractivity contribution < 1.29 is 14.8 Å². The van der Waals surface area contributed by atoms with E-state index in [-0.39, 0.29) is 23.7 Å². The molecule has 0 aromatic carbocycles. The maximum Gasteiger partial charge on any atom is 0.287 e. The Kier molecular flexibility index (Phi) is 3.21. The molecule has 0 bridgehead atoms. The van der Waals surface area contributed by atoms with E-state index < -0.39 is 4.92 Å². The summed E-state index contributed by atoms with van der Waals surface area (Å²) in [5.74, 6) is -0.170. The Morgan fingerprint density at radius 2 is 1.95 bits per heavy atom. The Hall–Kier alpha value is -1.89. The van der Waals surface area contributed by atoms with Gasteiger partial charge >= 0.3 is 0 Å². The number of hydrogen-bond donors (Lipinski definition) is 1. The molecule has 1 saturated carbocycles. The molecule has 2 aliphatic rings. The summed E-state index contributed by atoms with van der Waals surface area (Å²) in [5, 5.41) is 20.4. The molecule has 0 spiro atoms. The SMILES string of the molecule is O=C(c1cc([N+](=O)[O-])cn1C1CC1)N1CCC(O)CC1. The maximum absolute atomic E-state index is 12.5. The molecule has 1 saturated heterocycles. The minimum absolute atomic E-state index is 0.0303. The Morgan fingerprint density at radius 3 is 2.50 bits per heavy atom. The van der Waals surface area contributed by atoms with E-state index in [0.29, 0.717) is 31.6 Å². The third kappa shape index (κ3) is 2.40. The lowest BCUT2D eigenvalue weighted by atomic mass is 10.1. The zero-order valence-corrected chi connectivity index (χ0v) is 11.1. The highest BCUT2D eigenvalue weighted by atomic mass is 16.6. The number of nitrogens with zero attached hydrogens (tertiary/aromatic N) is 3. The van der Waals surface area contributed by atoms with Crippen molar-refractivity contribution in [1.29, 1.82) is 0 Å². The second kappa shape index (κ2) is 4.90. The fourth-order valence-electron chi connectivity index (χ4n) is 2.62. The molecule has 7 nitrogen and oxygen atoms in total. The molecule has 0 radical (unpaired) electrons. The molecule has 3 rings (SSSR count). The van der Waals surface area contributed by atoms with E-state index in [2.05, 4.69) is 0 Å². The zero-order valence-electron chi connectivity index (χ0n) is 11.1. The zero-order chi connectivity index (χ0) is 14.3. The smallest absolute Gasteiger partial charge is 0.287 e. The third-order valence-corrected chi connectivity index (χ3v) is 3.96. The minimum Gasteiger partial charge on any atom is -0.393 e. The van der Waals surface area contributed by atoms with Crippen LogP contribution in [0.4, 0.5) is 5.69 Å². The largest absolute Gasteiger partial charge is 0.393 e. The number of aliphatic hydroxyl groups is 1. The van der Waals surface area contributed by atoms with Crippen LogP contribution in [0.25, 0.3) is 0 Å². The number of carbonyl (C=O) groups is 1. The van der Waals surface area contributed by atoms with E-state index in [1.54, 1.807) is 9.47 Å². The quantitative estimate of drug-likeness (QED) is 0.667. The van der Waals surface area contributed by atoms with Crippen LogP contribution in [-0.4, -0.2) is 44.6 Å². The highest BCUT2D eigenvalue weighted by Crippen LogP contribution is 2.38. The molecule has 1 N–H and O–H groups in total. The van der Waals surface area contributed by atoms with Gasteiger partial charge in [0.25, 0.3) is 11.6 Å². The van der Waals surface area contributed by atoms with Gasteiger partial charge in [-0.3, -0.25) is 14.9 Å². The lowest BCUT2D eigenvalue weighted by Crippen LogP contribution is -2.40. The molecule has 1 amide bonds. The van der Waals surface area contributed by atoms with Gasteiger partial charge < -0.3 is 14.6 Å². The van der Waals surface area contributed by atoms with Crippen LogP contribution >= 0.6 is 0 Å². The molecule has 108 valence electrons. The van der Waals surface area contributed by atoms with Gasteiger partial charge in [-0.05, 0) is 25.7 Å². The van der Waals surface area contributed by atoms with E-state index in [0.717, 1.165) is 12.8 Å². The second-order valence-electron chi connectivity index (χ2n) is 5.50. The van der Waals surface area contributed by atoms with Gasteiger partial charge in [0, 0.05) is 25.2 Å². The molecule has 2 fully saturated rings. The van der Waals surface area contributed by atoms with Crippen molar-refractivity contribution in [2.45, 2.75) is 37.8 Å². The number of aromatic nitrogens is 1. The molecular formula is C13H17N3O4. The first-order chi connectivity index (χ1) is 9.56. The van der Waals surface area contributed by atoms with Crippen LogP contribution in [0.1, 0.15) is 42.2 Å². The van der Waals surface area contributed by atoms with Gasteiger partial charge in [-0.1, -0.05) is 0 Å². The summed E-state index contributed by atoms with van der Waals surface area (Å²) >= 11 is 0. The Bertz CT molecular complexity index is 542. The summed E-state index contributed by atoms with van der Waals surface area (Å²) in [6.45, 7) is 1.01. The average molecular weight is 279 g/mol. The topological polar surface area (TPSA) is 88.6 Å². The van der Waals surface area contributed by atoms with E-state index in [1.165, 1.54) is 12.3 Å². The first-order valence-electron chi connectivity index (χ1n) is 6.90. The summed E-state index contributed by atoms with van der Waals surface area (Å²) in [5.41, 5.74) is 0.368. The van der Waals surface area contributed by atoms with E-state index in [4.69, 9.17) is 0 Å². The van der Waals surface area contributed by atoms with Gasteiger partial charge in [-0.25, -0.2) is 0 Å². The van der Waals surface area contributed by atoms with Crippen LogP contribution in [0, 0.1) is 10.1 Å². The number of carbonyl (C=O) groups excluding carboxylic acids is 1. The first kappa shape index (κ1) is 13.1. The predicted molar refractivity (Wildman–Crippen MR) is 70.5 cm³/mol. The molecule has 0 atom stereocenters.